The molecule has 0 spiro atoms. The molecule has 0 aliphatic rings. The van der Waals surface area contributed by atoms with Crippen LogP contribution in [0, 0.1) is 27.7 Å². The molecule has 2 heterocycles. The Balaban J connectivity index is 0.714. The van der Waals surface area contributed by atoms with Crippen LogP contribution in [0.2, 0.25) is 0 Å². The zero-order chi connectivity index (χ0) is 93.9. The normalized spacial score (nSPS) is 11.2. The highest BCUT2D eigenvalue weighted by Crippen LogP contribution is 2.38. The van der Waals surface area contributed by atoms with Crippen molar-refractivity contribution in [1.29, 1.82) is 0 Å². The van der Waals surface area contributed by atoms with Crippen molar-refractivity contribution in [3.63, 3.8) is 0 Å². The highest BCUT2D eigenvalue weighted by molar-refractivity contribution is 6.05. The molecule has 0 amide bonds. The molecule has 138 heavy (non-hydrogen) atoms. The van der Waals surface area contributed by atoms with Crippen LogP contribution in [-0.4, -0.2) is 9.13 Å². The number of ether oxygens (including phenoxy) is 12. The lowest BCUT2D eigenvalue weighted by Gasteiger charge is -2.21. The fourth-order valence-corrected chi connectivity index (χ4v) is 17.4. The minimum absolute atomic E-state index is 0.106. The molecule has 0 fully saturated rings. The fourth-order valence-electron chi connectivity index (χ4n) is 17.4. The van der Waals surface area contributed by atoms with Gasteiger partial charge in [0, 0.05) is 71.0 Å². The fraction of sp³-hybridized carbons (Fsp3) is 0.148. The summed E-state index contributed by atoms with van der Waals surface area (Å²) < 4.78 is 84.6. The molecule has 2 aromatic heterocycles. The summed E-state index contributed by atoms with van der Waals surface area (Å²) in [5, 5.41) is 1.89. The summed E-state index contributed by atoms with van der Waals surface area (Å²) in [7, 11) is 0. The third kappa shape index (κ3) is 23.4. The lowest BCUT2D eigenvalue weighted by molar-refractivity contribution is 0.276. The number of benzene rings is 17. The molecule has 686 valence electrons. The lowest BCUT2D eigenvalue weighted by atomic mass is 9.98. The van der Waals surface area contributed by atoms with Crippen LogP contribution in [0.25, 0.3) is 43.6 Å². The van der Waals surface area contributed by atoms with Crippen molar-refractivity contribution in [1.82, 2.24) is 9.13 Å². The van der Waals surface area contributed by atoms with Gasteiger partial charge in [-0.15, -0.1) is 0 Å². The van der Waals surface area contributed by atoms with Crippen molar-refractivity contribution in [2.45, 2.75) is 120 Å². The number of nitrogens with zero attached hydrogens (tertiary/aromatic N) is 2. The first kappa shape index (κ1) is 90.4. The Morgan fingerprint density at radius 3 is 0.522 bits per heavy atom. The molecule has 0 N–H and O–H groups in total. The van der Waals surface area contributed by atoms with E-state index in [0.29, 0.717) is 165 Å². The van der Waals surface area contributed by atoms with Crippen LogP contribution in [0.5, 0.6) is 69.0 Å². The van der Waals surface area contributed by atoms with Crippen LogP contribution in [0.3, 0.4) is 0 Å². The Labute approximate surface area is 802 Å². The van der Waals surface area contributed by atoms with Gasteiger partial charge in [-0.05, 0) is 225 Å². The topological polar surface area (TPSA) is 155 Å². The van der Waals surface area contributed by atoms with Crippen molar-refractivity contribution in [3.8, 4) is 69.0 Å². The molecule has 16 nitrogen and oxygen atoms in total. The quantitative estimate of drug-likeness (QED) is 0.0334. The van der Waals surface area contributed by atoms with Gasteiger partial charge in [0.2, 0.25) is 0 Å². The average Bonchev–Trinajstić information content (AvgIpc) is 0.713. The third-order valence-electron chi connectivity index (χ3n) is 24.1. The smallest absolute Gasteiger partial charge is 0.197 e. The minimum Gasteiger partial charge on any atom is -0.489 e. The van der Waals surface area contributed by atoms with Crippen LogP contribution in [0.1, 0.15) is 100 Å². The van der Waals surface area contributed by atoms with E-state index in [0.717, 1.165) is 100 Å². The zero-order valence-electron chi connectivity index (χ0n) is 77.5. The summed E-state index contributed by atoms with van der Waals surface area (Å²) in [6.45, 7) is 11.5. The molecule has 19 rings (SSSR count). The molecule has 0 radical (unpaired) electrons. The van der Waals surface area contributed by atoms with E-state index in [9.17, 15) is 0 Å². The van der Waals surface area contributed by atoms with Crippen LogP contribution < -0.4 is 67.7 Å². The van der Waals surface area contributed by atoms with Gasteiger partial charge < -0.3 is 66.0 Å². The first-order valence-electron chi connectivity index (χ1n) is 46.4. The Kier molecular flexibility index (Phi) is 28.2. The van der Waals surface area contributed by atoms with Gasteiger partial charge in [-0.25, -0.2) is 0 Å². The van der Waals surface area contributed by atoms with Crippen molar-refractivity contribution >= 4 is 43.6 Å². The summed E-state index contributed by atoms with van der Waals surface area (Å²) in [5.74, 6) is 6.90. The maximum Gasteiger partial charge on any atom is 0.197 e. The van der Waals surface area contributed by atoms with E-state index in [-0.39, 0.29) is 50.4 Å². The highest BCUT2D eigenvalue weighted by Gasteiger charge is 2.24. The van der Waals surface area contributed by atoms with Crippen LogP contribution in [-0.2, 0) is 92.4 Å². The Hall–Kier alpha value is -16.7. The summed E-state index contributed by atoms with van der Waals surface area (Å²) in [6, 6.07) is 128. The van der Waals surface area contributed by atoms with E-state index in [1.165, 1.54) is 0 Å². The van der Waals surface area contributed by atoms with Gasteiger partial charge in [-0.1, -0.05) is 255 Å². The molecule has 0 unspecified atom stereocenters. The van der Waals surface area contributed by atoms with Gasteiger partial charge in [0.05, 0.1) is 22.1 Å². The van der Waals surface area contributed by atoms with Gasteiger partial charge in [0.25, 0.3) is 0 Å². The molecule has 19 aromatic rings. The largest absolute Gasteiger partial charge is 0.489 e. The third-order valence-corrected chi connectivity index (χ3v) is 24.1. The summed E-state index contributed by atoms with van der Waals surface area (Å²) in [5.41, 5.74) is 18.5. The average molecular weight is 1820 g/mol. The molecular formula is C122H104N2O14. The van der Waals surface area contributed by atoms with Crippen molar-refractivity contribution in [3.05, 3.63) is 509 Å². The second kappa shape index (κ2) is 43.1. The second-order valence-electron chi connectivity index (χ2n) is 34.9. The summed E-state index contributed by atoms with van der Waals surface area (Å²) in [6.07, 6.45) is 0. The molecule has 0 aliphatic carbocycles. The number of hydrogen-bond acceptors (Lipinski definition) is 14. The zero-order valence-corrected chi connectivity index (χ0v) is 77.5. The number of hydrogen-bond donors (Lipinski definition) is 0. The summed E-state index contributed by atoms with van der Waals surface area (Å²) in [4.78, 5) is 32.4. The molecule has 0 atom stereocenters. The Morgan fingerprint density at radius 1 is 0.174 bits per heavy atom. The predicted molar refractivity (Wildman–Crippen MR) is 544 cm³/mol. The van der Waals surface area contributed by atoms with Gasteiger partial charge in [-0.2, -0.15) is 0 Å². The molecule has 17 aromatic carbocycles. The number of aromatic nitrogens is 2. The molecule has 0 bridgehead atoms. The van der Waals surface area contributed by atoms with E-state index >= 15 is 9.59 Å². The van der Waals surface area contributed by atoms with E-state index in [1.54, 1.807) is 0 Å². The lowest BCUT2D eigenvalue weighted by Crippen LogP contribution is -2.17. The van der Waals surface area contributed by atoms with Gasteiger partial charge in [-0.3, -0.25) is 9.59 Å². The number of rotatable bonds is 40. The maximum atomic E-state index is 16.2. The molecule has 0 saturated heterocycles. The van der Waals surface area contributed by atoms with Gasteiger partial charge in [0.1, 0.15) is 148 Å². The van der Waals surface area contributed by atoms with E-state index < -0.39 is 0 Å². The highest BCUT2D eigenvalue weighted by atomic mass is 16.5. The number of pyridine rings is 2. The first-order chi connectivity index (χ1) is 67.7. The Morgan fingerprint density at radius 2 is 0.341 bits per heavy atom. The standard InChI is InChI=1S/C122H104N2O14/c1-83-45-85(3)119-117(47-83)123(69-95-49-101(135-79-97-53-105(127-71-87-29-13-5-14-30-87)63-106(54-97)128-72-88-31-15-6-16-32-88)61-102(50-95)136-80-98-55-107(129-73-89-33-17-7-18-34-89)64-108(56-98)130-74-90-35-19-8-20-36-90)115-67-114-116(68-113(115)121(119)125)124(118-48-84(2)46-86(4)120(118)122(114)126)70-96-51-103(137-81-99-57-109(131-75-91-37-21-9-22-38-91)65-110(58-99)132-76-92-39-23-10-24-40-92)62-104(52-96)138-82-100-59-111(133-77-93-41-25-11-26-42-93)66-112(60-100)134-78-94-43-27-12-28-44-94/h5-68H,69-82H2,1-4H3. The number of aryl methyl sites for hydroxylation is 4. The van der Waals surface area contributed by atoms with Gasteiger partial charge in [0.15, 0.2) is 10.9 Å². The Bertz CT molecular complexity index is 6580. The van der Waals surface area contributed by atoms with Gasteiger partial charge >= 0.3 is 0 Å². The van der Waals surface area contributed by atoms with E-state index in [1.807, 2.05) is 392 Å². The molecular weight excluding hydrogens is 1720 g/mol. The van der Waals surface area contributed by atoms with Crippen LogP contribution in [0.15, 0.2) is 398 Å². The SMILES string of the molecule is Cc1cc(C)c2c(=O)c3cc4c(cc3n(Cc3cc(OCc5cc(OCc6ccccc6)cc(OCc6ccccc6)c5)cc(OCc5cc(OCc6ccccc6)cc(OCc6ccccc6)c5)c3)c2c1)c(=O)c1c(C)cc(C)cc1n4Cc1cc(OCc2cc(OCc3ccccc3)cc(OCc3ccccc3)c2)cc(OCc2cc(OCc3ccccc3)cc(OCc3ccccc3)c2)c1. The molecule has 0 aliphatic heterocycles. The van der Waals surface area contributed by atoms with Crippen molar-refractivity contribution in [2.24, 2.45) is 0 Å². The monoisotopic (exact) mass is 1820 g/mol. The first-order valence-corrected chi connectivity index (χ1v) is 46.4. The number of fused-ring (bicyclic) bond motifs is 4. The minimum atomic E-state index is -0.183. The van der Waals surface area contributed by atoms with Crippen molar-refractivity contribution in [2.75, 3.05) is 0 Å². The molecule has 16 heteroatoms. The van der Waals surface area contributed by atoms with Crippen LogP contribution >= 0.6 is 0 Å². The van der Waals surface area contributed by atoms with E-state index in [4.69, 9.17) is 56.8 Å². The van der Waals surface area contributed by atoms with Crippen LogP contribution in [0.4, 0.5) is 0 Å². The van der Waals surface area contributed by atoms with Crippen molar-refractivity contribution < 1.29 is 56.8 Å². The molecule has 0 saturated carbocycles. The second-order valence-corrected chi connectivity index (χ2v) is 34.9. The predicted octanol–water partition coefficient (Wildman–Crippen LogP) is 26.9. The van der Waals surface area contributed by atoms with E-state index in [2.05, 4.69) is 33.4 Å². The summed E-state index contributed by atoms with van der Waals surface area (Å²) >= 11 is 0. The maximum absolute atomic E-state index is 16.2.